The third-order valence-corrected chi connectivity index (χ3v) is 7.12. The van der Waals surface area contributed by atoms with Gasteiger partial charge in [0.25, 0.3) is 5.56 Å². The zero-order chi connectivity index (χ0) is 22.1. The van der Waals surface area contributed by atoms with Crippen molar-refractivity contribution in [1.82, 2.24) is 19.3 Å². The molecule has 8 heteroatoms. The molecular formula is C24H25N5O2S. The maximum atomic E-state index is 13.1. The number of anilines is 1. The van der Waals surface area contributed by atoms with Crippen molar-refractivity contribution >= 4 is 33.3 Å². The number of carbonyl (C=O) groups excluding carboxylic acids is 1. The lowest BCUT2D eigenvalue weighted by Gasteiger charge is -2.11. The molecule has 0 unspecified atom stereocenters. The number of nitrogens with zero attached hydrogens (tertiary/aromatic N) is 4. The Labute approximate surface area is 189 Å². The molecule has 1 aliphatic rings. The minimum atomic E-state index is -0.157. The molecule has 164 valence electrons. The molecule has 0 fully saturated rings. The predicted molar refractivity (Wildman–Crippen MR) is 126 cm³/mol. The van der Waals surface area contributed by atoms with Crippen LogP contribution < -0.4 is 10.9 Å². The van der Waals surface area contributed by atoms with E-state index in [4.69, 9.17) is 0 Å². The highest BCUT2D eigenvalue weighted by atomic mass is 32.1. The molecule has 0 radical (unpaired) electrons. The Balaban J connectivity index is 1.27. The predicted octanol–water partition coefficient (Wildman–Crippen LogP) is 3.92. The van der Waals surface area contributed by atoms with Crippen molar-refractivity contribution in [3.05, 3.63) is 74.8 Å². The average Bonchev–Trinajstić information content (AvgIpc) is 3.37. The highest BCUT2D eigenvalue weighted by Gasteiger charge is 2.20. The number of hydrogen-bond acceptors (Lipinski definition) is 5. The van der Waals surface area contributed by atoms with Crippen LogP contribution in [0.2, 0.25) is 0 Å². The molecule has 0 atom stereocenters. The Morgan fingerprint density at radius 3 is 2.97 bits per heavy atom. The highest BCUT2D eigenvalue weighted by molar-refractivity contribution is 7.18. The van der Waals surface area contributed by atoms with E-state index < -0.39 is 0 Å². The Bertz CT molecular complexity index is 1350. The van der Waals surface area contributed by atoms with Gasteiger partial charge < -0.3 is 5.32 Å². The smallest absolute Gasteiger partial charge is 0.262 e. The van der Waals surface area contributed by atoms with Gasteiger partial charge in [0.2, 0.25) is 5.91 Å². The highest BCUT2D eigenvalue weighted by Crippen LogP contribution is 2.33. The van der Waals surface area contributed by atoms with E-state index in [1.807, 2.05) is 12.1 Å². The summed E-state index contributed by atoms with van der Waals surface area (Å²) in [6.07, 6.45) is 7.71. The summed E-state index contributed by atoms with van der Waals surface area (Å²) in [4.78, 5) is 32.3. The summed E-state index contributed by atoms with van der Waals surface area (Å²) in [6.45, 7) is 2.92. The summed E-state index contributed by atoms with van der Waals surface area (Å²) < 4.78 is 3.33. The summed E-state index contributed by atoms with van der Waals surface area (Å²) in [5, 5.41) is 8.01. The number of carbonyl (C=O) groups is 1. The summed E-state index contributed by atoms with van der Waals surface area (Å²) in [6, 6.07) is 9.99. The molecule has 1 N–H and O–H groups in total. The van der Waals surface area contributed by atoms with Gasteiger partial charge >= 0.3 is 0 Å². The van der Waals surface area contributed by atoms with E-state index in [2.05, 4.69) is 34.5 Å². The fourth-order valence-corrected chi connectivity index (χ4v) is 5.54. The van der Waals surface area contributed by atoms with Gasteiger partial charge in [0.05, 0.1) is 24.5 Å². The van der Waals surface area contributed by atoms with Crippen LogP contribution in [-0.4, -0.2) is 25.2 Å². The maximum Gasteiger partial charge on any atom is 0.262 e. The van der Waals surface area contributed by atoms with Gasteiger partial charge in [0.1, 0.15) is 10.6 Å². The molecule has 3 heterocycles. The van der Waals surface area contributed by atoms with E-state index in [0.29, 0.717) is 18.9 Å². The molecule has 0 spiro atoms. The Hall–Kier alpha value is -3.26. The normalized spacial score (nSPS) is 13.3. The molecule has 7 nitrogen and oxygen atoms in total. The molecule has 0 bridgehead atoms. The van der Waals surface area contributed by atoms with Crippen LogP contribution in [0.25, 0.3) is 10.2 Å². The lowest BCUT2D eigenvalue weighted by molar-refractivity contribution is -0.116. The van der Waals surface area contributed by atoms with Gasteiger partial charge in [0, 0.05) is 23.9 Å². The first-order valence-electron chi connectivity index (χ1n) is 11.0. The van der Waals surface area contributed by atoms with E-state index in [-0.39, 0.29) is 17.9 Å². The molecule has 32 heavy (non-hydrogen) atoms. The second-order valence-electron chi connectivity index (χ2n) is 8.30. The second-order valence-corrected chi connectivity index (χ2v) is 9.38. The zero-order valence-electron chi connectivity index (χ0n) is 18.0. The molecule has 1 aliphatic carbocycles. The quantitative estimate of drug-likeness (QED) is 0.486. The summed E-state index contributed by atoms with van der Waals surface area (Å²) in [5.41, 5.74) is 3.44. The van der Waals surface area contributed by atoms with Gasteiger partial charge in [-0.2, -0.15) is 5.10 Å². The van der Waals surface area contributed by atoms with Crippen molar-refractivity contribution in [3.8, 4) is 0 Å². The first-order chi connectivity index (χ1) is 15.6. The fourth-order valence-electron chi connectivity index (χ4n) is 4.32. The topological polar surface area (TPSA) is 81.8 Å². The van der Waals surface area contributed by atoms with Crippen LogP contribution in [0.15, 0.2) is 47.7 Å². The van der Waals surface area contributed by atoms with Gasteiger partial charge in [-0.1, -0.05) is 29.8 Å². The Morgan fingerprint density at radius 1 is 1.22 bits per heavy atom. The second kappa shape index (κ2) is 8.70. The average molecular weight is 448 g/mol. The van der Waals surface area contributed by atoms with E-state index in [1.165, 1.54) is 22.4 Å². The standard InChI is InChI=1S/C24H25N5O2S/c1-16-5-4-6-17(13-16)14-29-20(9-11-26-29)27-21(30)10-12-28-15-25-23-22(24(28)31)18-7-2-3-8-19(18)32-23/h4-6,9,11,13,15H,2-3,7-8,10,12,14H2,1H3,(H,27,30). The van der Waals surface area contributed by atoms with Gasteiger partial charge in [-0.3, -0.25) is 14.2 Å². The molecule has 5 rings (SSSR count). The number of nitrogens with one attached hydrogen (secondary N) is 1. The van der Waals surface area contributed by atoms with Gasteiger partial charge in [-0.25, -0.2) is 9.67 Å². The molecular weight excluding hydrogens is 422 g/mol. The van der Waals surface area contributed by atoms with Gasteiger partial charge in [-0.15, -0.1) is 11.3 Å². The van der Waals surface area contributed by atoms with Gasteiger partial charge in [0.15, 0.2) is 0 Å². The summed E-state index contributed by atoms with van der Waals surface area (Å²) >= 11 is 1.64. The number of rotatable bonds is 6. The summed E-state index contributed by atoms with van der Waals surface area (Å²) in [5.74, 6) is 0.486. The Morgan fingerprint density at radius 2 is 2.09 bits per heavy atom. The van der Waals surface area contributed by atoms with Crippen LogP contribution in [0.4, 0.5) is 5.82 Å². The Kier molecular flexibility index (Phi) is 5.61. The van der Waals surface area contributed by atoms with Crippen LogP contribution in [-0.2, 0) is 30.7 Å². The number of hydrogen-bond donors (Lipinski definition) is 1. The largest absolute Gasteiger partial charge is 0.311 e. The lowest BCUT2D eigenvalue weighted by Crippen LogP contribution is -2.24. The lowest BCUT2D eigenvalue weighted by atomic mass is 9.97. The number of aromatic nitrogens is 4. The molecule has 0 aliphatic heterocycles. The first kappa shape index (κ1) is 20.6. The number of amides is 1. The first-order valence-corrected chi connectivity index (χ1v) is 11.8. The van der Waals surface area contributed by atoms with Gasteiger partial charge in [-0.05, 0) is 43.7 Å². The molecule has 0 saturated carbocycles. The summed E-state index contributed by atoms with van der Waals surface area (Å²) in [7, 11) is 0. The molecule has 1 aromatic carbocycles. The molecule has 3 aromatic heterocycles. The van der Waals surface area contributed by atoms with E-state index >= 15 is 0 Å². The van der Waals surface area contributed by atoms with Crippen LogP contribution in [0.5, 0.6) is 0 Å². The van der Waals surface area contributed by atoms with Crippen molar-refractivity contribution in [2.75, 3.05) is 5.32 Å². The third kappa shape index (κ3) is 4.10. The van der Waals surface area contributed by atoms with Crippen molar-refractivity contribution in [2.24, 2.45) is 0 Å². The van der Waals surface area contributed by atoms with E-state index in [0.717, 1.165) is 35.0 Å². The number of thiophene rings is 1. The van der Waals surface area contributed by atoms with Crippen molar-refractivity contribution in [2.45, 2.75) is 52.1 Å². The van der Waals surface area contributed by atoms with Crippen LogP contribution in [0.3, 0.4) is 0 Å². The van der Waals surface area contributed by atoms with Crippen LogP contribution in [0.1, 0.15) is 40.8 Å². The zero-order valence-corrected chi connectivity index (χ0v) is 18.8. The number of fused-ring (bicyclic) bond motifs is 3. The van der Waals surface area contributed by atoms with Crippen LogP contribution >= 0.6 is 11.3 Å². The minimum Gasteiger partial charge on any atom is -0.311 e. The van der Waals surface area contributed by atoms with E-state index in [1.54, 1.807) is 39.2 Å². The van der Waals surface area contributed by atoms with Crippen molar-refractivity contribution < 1.29 is 4.79 Å². The van der Waals surface area contributed by atoms with E-state index in [9.17, 15) is 9.59 Å². The monoisotopic (exact) mass is 447 g/mol. The molecule has 0 saturated heterocycles. The van der Waals surface area contributed by atoms with Crippen LogP contribution in [0, 0.1) is 6.92 Å². The SMILES string of the molecule is Cc1cccc(Cn2nccc2NC(=O)CCn2cnc3sc4c(c3c2=O)CCCC4)c1. The number of aryl methyl sites for hydroxylation is 4. The molecule has 4 aromatic rings. The maximum absolute atomic E-state index is 13.1. The fraction of sp³-hybridized carbons (Fsp3) is 0.333. The van der Waals surface area contributed by atoms with Crippen molar-refractivity contribution in [3.63, 3.8) is 0 Å². The third-order valence-electron chi connectivity index (χ3n) is 5.92. The molecule has 1 amide bonds. The van der Waals surface area contributed by atoms with Crippen molar-refractivity contribution in [1.29, 1.82) is 0 Å². The number of benzene rings is 1. The minimum absolute atomic E-state index is 0.0355.